The number of benzene rings is 2. The number of ether oxygens (including phenoxy) is 2. The third-order valence-corrected chi connectivity index (χ3v) is 10.4. The van der Waals surface area contributed by atoms with Crippen LogP contribution in [0.1, 0.15) is 67.0 Å². The largest absolute Gasteiger partial charge is 0.481 e. The molecule has 2 atom stereocenters. The molecule has 14 heteroatoms. The molecule has 0 bridgehead atoms. The molecular formula is C39H43ClF3N5O5. The highest BCUT2D eigenvalue weighted by atomic mass is 35.5. The van der Waals surface area contributed by atoms with Crippen molar-refractivity contribution in [1.82, 2.24) is 20.6 Å². The fourth-order valence-electron chi connectivity index (χ4n) is 7.35. The first-order valence-electron chi connectivity index (χ1n) is 17.4. The van der Waals surface area contributed by atoms with Gasteiger partial charge in [-0.3, -0.25) is 4.79 Å². The molecule has 6 rings (SSSR count). The molecule has 0 unspecified atom stereocenters. The Morgan fingerprint density at radius 3 is 2.36 bits per heavy atom. The Bertz CT molecular complexity index is 1980. The number of methoxy groups -OCH3 is 2. The highest BCUT2D eigenvalue weighted by Gasteiger charge is 2.38. The van der Waals surface area contributed by atoms with Gasteiger partial charge in [-0.15, -0.1) is 0 Å². The van der Waals surface area contributed by atoms with Crippen molar-refractivity contribution in [3.63, 3.8) is 0 Å². The van der Waals surface area contributed by atoms with Crippen molar-refractivity contribution >= 4 is 23.4 Å². The van der Waals surface area contributed by atoms with Crippen LogP contribution < -0.4 is 25.4 Å². The summed E-state index contributed by atoms with van der Waals surface area (Å²) in [6.45, 7) is 4.43. The molecule has 0 saturated heterocycles. The zero-order valence-corrected chi connectivity index (χ0v) is 30.7. The van der Waals surface area contributed by atoms with E-state index in [1.54, 1.807) is 7.11 Å². The molecule has 0 spiro atoms. The van der Waals surface area contributed by atoms with Gasteiger partial charge in [0, 0.05) is 35.3 Å². The molecule has 4 aromatic rings. The summed E-state index contributed by atoms with van der Waals surface area (Å²) in [6.07, 6.45) is -2.08. The molecule has 2 aliphatic carbocycles. The van der Waals surface area contributed by atoms with Gasteiger partial charge in [0.1, 0.15) is 11.9 Å². The van der Waals surface area contributed by atoms with Gasteiger partial charge in [-0.05, 0) is 80.8 Å². The Kier molecular flexibility index (Phi) is 11.2. The Labute approximate surface area is 311 Å². The summed E-state index contributed by atoms with van der Waals surface area (Å²) in [5.74, 6) is -0.634. The Morgan fingerprint density at radius 2 is 1.68 bits per heavy atom. The van der Waals surface area contributed by atoms with Crippen LogP contribution in [0.25, 0.3) is 22.4 Å². The van der Waals surface area contributed by atoms with Gasteiger partial charge in [0.05, 0.1) is 42.1 Å². The number of anilines is 1. The van der Waals surface area contributed by atoms with Crippen molar-refractivity contribution in [2.45, 2.75) is 76.5 Å². The maximum absolute atomic E-state index is 14.4. The lowest BCUT2D eigenvalue weighted by Crippen LogP contribution is -2.44. The second-order valence-electron chi connectivity index (χ2n) is 14.0. The fraction of sp³-hybridized carbons (Fsp3) is 0.410. The number of pyridine rings is 2. The van der Waals surface area contributed by atoms with Gasteiger partial charge in [0.25, 0.3) is 0 Å². The molecule has 10 nitrogen and oxygen atoms in total. The smallest absolute Gasteiger partial charge is 0.419 e. The van der Waals surface area contributed by atoms with Gasteiger partial charge in [-0.1, -0.05) is 54.1 Å². The molecule has 1 fully saturated rings. The number of nitrogens with zero attached hydrogens (tertiary/aromatic N) is 2. The molecule has 0 radical (unpaired) electrons. The van der Waals surface area contributed by atoms with E-state index < -0.39 is 35.4 Å². The minimum Gasteiger partial charge on any atom is -0.481 e. The van der Waals surface area contributed by atoms with Gasteiger partial charge in [0.15, 0.2) is 0 Å². The van der Waals surface area contributed by atoms with Crippen molar-refractivity contribution in [2.24, 2.45) is 5.92 Å². The van der Waals surface area contributed by atoms with Gasteiger partial charge >= 0.3 is 12.1 Å². The number of fused-ring (bicyclic) bond motifs is 1. The Morgan fingerprint density at radius 1 is 1.00 bits per heavy atom. The number of aliphatic carboxylic acids is 1. The van der Waals surface area contributed by atoms with Gasteiger partial charge < -0.3 is 35.6 Å². The Balaban J connectivity index is 1.24. The van der Waals surface area contributed by atoms with E-state index in [0.717, 1.165) is 53.3 Å². The fourth-order valence-corrected chi connectivity index (χ4v) is 7.67. The molecule has 5 N–H and O–H groups in total. The maximum atomic E-state index is 14.4. The summed E-state index contributed by atoms with van der Waals surface area (Å²) in [5.41, 5.74) is 4.23. The molecule has 0 amide bonds. The summed E-state index contributed by atoms with van der Waals surface area (Å²) in [6, 6.07) is 14.8. The van der Waals surface area contributed by atoms with E-state index in [9.17, 15) is 28.2 Å². The van der Waals surface area contributed by atoms with E-state index in [-0.39, 0.29) is 23.8 Å². The summed E-state index contributed by atoms with van der Waals surface area (Å²) in [5, 5.41) is 28.9. The number of carboxylic acids is 1. The number of nitrogens with one attached hydrogen (secondary N) is 3. The highest BCUT2D eigenvalue weighted by molar-refractivity contribution is 6.36. The van der Waals surface area contributed by atoms with Crippen LogP contribution in [-0.2, 0) is 30.5 Å². The first kappa shape index (κ1) is 38.3. The SMILES string of the molecule is COc1nc(-c2cccc(-c3cccc4c3CC[C@@H]4Nc3nc(OC)c(CN[C@@H](C)C(=O)O)cc3C(F)(F)F)c2Cl)ccc1CNC[C@H]1C[C@](C)(O)C1. The zero-order chi connectivity index (χ0) is 38.1. The maximum Gasteiger partial charge on any atom is 0.419 e. The van der Waals surface area contributed by atoms with Crippen LogP contribution in [0, 0.1) is 5.92 Å². The first-order chi connectivity index (χ1) is 25.2. The van der Waals surface area contributed by atoms with Crippen LogP contribution in [0.5, 0.6) is 11.8 Å². The molecule has 53 heavy (non-hydrogen) atoms. The van der Waals surface area contributed by atoms with E-state index in [1.807, 2.05) is 55.5 Å². The number of halogens is 4. The predicted molar refractivity (Wildman–Crippen MR) is 196 cm³/mol. The second kappa shape index (κ2) is 15.5. The third-order valence-electron chi connectivity index (χ3n) is 10.0. The topological polar surface area (TPSA) is 138 Å². The zero-order valence-electron chi connectivity index (χ0n) is 29.9. The van der Waals surface area contributed by atoms with E-state index in [1.165, 1.54) is 14.0 Å². The van der Waals surface area contributed by atoms with E-state index in [0.29, 0.717) is 47.5 Å². The average Bonchev–Trinajstić information content (AvgIpc) is 3.52. The summed E-state index contributed by atoms with van der Waals surface area (Å²) < 4.78 is 54.1. The molecule has 2 aromatic heterocycles. The lowest BCUT2D eigenvalue weighted by Gasteiger charge is -2.41. The summed E-state index contributed by atoms with van der Waals surface area (Å²) >= 11 is 7.11. The van der Waals surface area contributed by atoms with E-state index in [2.05, 4.69) is 20.9 Å². The lowest BCUT2D eigenvalue weighted by molar-refractivity contribution is -0.139. The van der Waals surface area contributed by atoms with E-state index in [4.69, 9.17) is 26.1 Å². The van der Waals surface area contributed by atoms with E-state index >= 15 is 0 Å². The second-order valence-corrected chi connectivity index (χ2v) is 14.4. The molecule has 282 valence electrons. The average molecular weight is 754 g/mol. The summed E-state index contributed by atoms with van der Waals surface area (Å²) in [4.78, 5) is 20.2. The molecule has 2 heterocycles. The van der Waals surface area contributed by atoms with Gasteiger partial charge in [-0.25, -0.2) is 4.98 Å². The number of aliphatic hydroxyl groups is 1. The molecule has 1 saturated carbocycles. The van der Waals surface area contributed by atoms with Crippen molar-refractivity contribution in [3.8, 4) is 34.1 Å². The number of hydrogen-bond acceptors (Lipinski definition) is 9. The molecule has 2 aliphatic rings. The number of carbonyl (C=O) groups is 1. The standard InChI is InChI=1S/C39H43ClF3N5O5/c1-21(37(49)50)45-20-24-15-30(39(41,42)43)34(48-36(24)53-4)46-31-14-12-26-25(7-5-8-27(26)31)28-9-6-10-29(33(28)40)32-13-11-23(35(47-32)52-3)19-44-18-22-16-38(2,51)17-22/h5-11,13,15,21-22,31,44-45,51H,12,14,16-20H2,1-4H3,(H,46,48)(H,49,50)/t21-,22-,31-,38-/m0/s1. The van der Waals surface area contributed by atoms with Gasteiger partial charge in [-0.2, -0.15) is 18.2 Å². The lowest BCUT2D eigenvalue weighted by atomic mass is 9.72. The van der Waals surface area contributed by atoms with Crippen LogP contribution in [0.3, 0.4) is 0 Å². The highest BCUT2D eigenvalue weighted by Crippen LogP contribution is 2.45. The third kappa shape index (κ3) is 8.38. The molecule has 0 aliphatic heterocycles. The minimum atomic E-state index is -4.74. The predicted octanol–water partition coefficient (Wildman–Crippen LogP) is 7.41. The summed E-state index contributed by atoms with van der Waals surface area (Å²) in [7, 11) is 2.88. The van der Waals surface area contributed by atoms with Crippen LogP contribution in [0.2, 0.25) is 5.02 Å². The minimum absolute atomic E-state index is 0.0421. The number of hydrogen-bond donors (Lipinski definition) is 5. The van der Waals surface area contributed by atoms with Crippen LogP contribution in [0.4, 0.5) is 19.0 Å². The number of aromatic nitrogens is 2. The van der Waals surface area contributed by atoms with Crippen molar-refractivity contribution in [2.75, 3.05) is 26.1 Å². The van der Waals surface area contributed by atoms with Gasteiger partial charge in [0.2, 0.25) is 11.8 Å². The van der Waals surface area contributed by atoms with Crippen LogP contribution >= 0.6 is 11.6 Å². The number of carboxylic acid groups (broad SMARTS) is 1. The quantitative estimate of drug-likeness (QED) is 0.0885. The van der Waals surface area contributed by atoms with Crippen molar-refractivity contribution < 1.29 is 37.7 Å². The first-order valence-corrected chi connectivity index (χ1v) is 17.8. The van der Waals surface area contributed by atoms with Crippen molar-refractivity contribution in [3.05, 3.63) is 87.4 Å². The van der Waals surface area contributed by atoms with Crippen LogP contribution in [-0.4, -0.2) is 58.6 Å². The van der Waals surface area contributed by atoms with Crippen molar-refractivity contribution in [1.29, 1.82) is 0 Å². The number of rotatable bonds is 14. The molecular weight excluding hydrogens is 711 g/mol. The number of alkyl halides is 3. The Hall–Kier alpha value is -4.43. The normalized spacial score (nSPS) is 20.0. The molecule has 2 aromatic carbocycles. The monoisotopic (exact) mass is 753 g/mol. The van der Waals surface area contributed by atoms with Crippen LogP contribution in [0.15, 0.2) is 54.6 Å².